The molecule has 1 aromatic carbocycles. The van der Waals surface area contributed by atoms with Crippen LogP contribution in [0.25, 0.3) is 6.08 Å². The molecule has 0 bridgehead atoms. The highest BCUT2D eigenvalue weighted by atomic mass is 16.8. The van der Waals surface area contributed by atoms with E-state index < -0.39 is 205 Å². The summed E-state index contributed by atoms with van der Waals surface area (Å²) < 4.78 is 56.2. The number of hydrogen-bond acceptors (Lipinski definition) is 23. The number of carbonyl (C=O) groups is 3. The average molecular weight is 1220 g/mol. The monoisotopic (exact) mass is 1220 g/mol. The number of fused-ring (bicyclic) bond motifs is 7. The molecule has 0 spiro atoms. The van der Waals surface area contributed by atoms with Crippen LogP contribution in [0.4, 0.5) is 0 Å². The fourth-order valence-electron chi connectivity index (χ4n) is 17.2. The molecule has 5 aliphatic carbocycles. The Kier molecular flexibility index (Phi) is 19.6. The van der Waals surface area contributed by atoms with Crippen LogP contribution in [0.1, 0.15) is 120 Å². The van der Waals surface area contributed by atoms with Crippen molar-refractivity contribution in [3.05, 3.63) is 53.6 Å². The third kappa shape index (κ3) is 11.1. The lowest BCUT2D eigenvalue weighted by atomic mass is 9.32. The number of esters is 3. The first-order chi connectivity index (χ1) is 40.5. The smallest absolute Gasteiger partial charge is 0.331 e. The zero-order valence-corrected chi connectivity index (χ0v) is 51.0. The number of ether oxygens (including phenoxy) is 9. The summed E-state index contributed by atoms with van der Waals surface area (Å²) in [4.78, 5) is 41.0. The summed E-state index contributed by atoms with van der Waals surface area (Å²) in [5.74, 6) is -3.64. The molecule has 27 unspecified atom stereocenters. The van der Waals surface area contributed by atoms with Crippen LogP contribution in [0.15, 0.2) is 48.1 Å². The van der Waals surface area contributed by atoms with Gasteiger partial charge in [-0.05, 0) is 90.6 Å². The zero-order valence-electron chi connectivity index (χ0n) is 51.0. The summed E-state index contributed by atoms with van der Waals surface area (Å²) in [6.07, 6.45) is -21.0. The van der Waals surface area contributed by atoms with Gasteiger partial charge in [-0.1, -0.05) is 104 Å². The molecule has 3 heterocycles. The molecule has 8 aliphatic rings. The van der Waals surface area contributed by atoms with Gasteiger partial charge in [0.15, 0.2) is 37.2 Å². The Balaban J connectivity index is 1.04. The number of rotatable bonds is 17. The molecule has 7 fully saturated rings. The number of aliphatic hydroxyl groups is 11. The van der Waals surface area contributed by atoms with Gasteiger partial charge in [-0.25, -0.2) is 4.79 Å². The van der Waals surface area contributed by atoms with E-state index in [-0.39, 0.29) is 11.8 Å². The van der Waals surface area contributed by atoms with Gasteiger partial charge in [-0.15, -0.1) is 0 Å². The molecule has 27 atom stereocenters. The van der Waals surface area contributed by atoms with Crippen molar-refractivity contribution in [1.82, 2.24) is 0 Å². The lowest BCUT2D eigenvalue weighted by Gasteiger charge is -2.73. The summed E-state index contributed by atoms with van der Waals surface area (Å²) in [5.41, 5.74) is -4.04. The number of carbonyl (C=O) groups excluding carboxylic acids is 3. The summed E-state index contributed by atoms with van der Waals surface area (Å²) in [6.45, 7) is 16.1. The third-order valence-corrected chi connectivity index (χ3v) is 22.4. The van der Waals surface area contributed by atoms with Crippen molar-refractivity contribution in [2.45, 2.75) is 231 Å². The Hall–Kier alpha value is -3.57. The minimum absolute atomic E-state index is 0.105. The van der Waals surface area contributed by atoms with Crippen molar-refractivity contribution >= 4 is 24.0 Å². The summed E-state index contributed by atoms with van der Waals surface area (Å²) in [7, 11) is 0. The molecule has 9 rings (SSSR count). The van der Waals surface area contributed by atoms with Gasteiger partial charge in [0.2, 0.25) is 0 Å². The standard InChI is InChI=1S/C63H94O23/c1-11-30(2)54(77)86-53-52(83-41(69)20-17-32-15-13-12-14-16-32)58(4,5)25-34-33-18-19-39-60(8)23-22-40(59(6,7)38(60)21-24-61(39,9)62(33,10)50(75)51(76)63(34,53)29-67)82-57-49(85-56-46(74)44(72)42(70)35(26-64)79-56)48(78-31(3)68)47(37(28-66)81-57)84-55-45(73)43(71)36(27-65)80-55/h12-18,20,30,34-40,42-53,55-57,64-67,70-76H,11,19,21-29H2,1-10H3. The van der Waals surface area contributed by atoms with E-state index in [2.05, 4.69) is 33.8 Å². The molecule has 4 saturated carbocycles. The van der Waals surface area contributed by atoms with Crippen LogP contribution >= 0.6 is 0 Å². The van der Waals surface area contributed by atoms with Gasteiger partial charge in [0.25, 0.3) is 0 Å². The van der Waals surface area contributed by atoms with E-state index in [0.29, 0.717) is 44.9 Å². The summed E-state index contributed by atoms with van der Waals surface area (Å²) >= 11 is 0. The lowest BCUT2D eigenvalue weighted by Crippen LogP contribution is -2.76. The molecule has 3 aliphatic heterocycles. The van der Waals surface area contributed by atoms with E-state index >= 15 is 0 Å². The maximum Gasteiger partial charge on any atom is 0.331 e. The first kappa shape index (κ1) is 66.8. The van der Waals surface area contributed by atoms with E-state index in [4.69, 9.17) is 42.6 Å². The second-order valence-electron chi connectivity index (χ2n) is 27.7. The molecule has 1 aromatic rings. The second-order valence-corrected chi connectivity index (χ2v) is 27.7. The van der Waals surface area contributed by atoms with Gasteiger partial charge in [-0.2, -0.15) is 0 Å². The Morgan fingerprint density at radius 1 is 0.663 bits per heavy atom. The van der Waals surface area contributed by atoms with Gasteiger partial charge < -0.3 is 98.8 Å². The van der Waals surface area contributed by atoms with Crippen LogP contribution in [-0.2, 0) is 57.0 Å². The Labute approximate surface area is 502 Å². The van der Waals surface area contributed by atoms with Gasteiger partial charge in [0.1, 0.15) is 61.0 Å². The molecule has 23 heteroatoms. The molecule has 11 N–H and O–H groups in total. The van der Waals surface area contributed by atoms with Gasteiger partial charge in [0, 0.05) is 23.8 Å². The normalized spacial score (nSPS) is 46.4. The highest BCUT2D eigenvalue weighted by molar-refractivity contribution is 5.87. The number of allylic oxidation sites excluding steroid dienone is 1. The van der Waals surface area contributed by atoms with Gasteiger partial charge in [0.05, 0.1) is 56.1 Å². The van der Waals surface area contributed by atoms with Crippen molar-refractivity contribution in [3.8, 4) is 0 Å². The van der Waals surface area contributed by atoms with E-state index in [0.717, 1.165) is 18.1 Å². The first-order valence-electron chi connectivity index (χ1n) is 30.6. The topological polar surface area (TPSA) is 357 Å². The Bertz CT molecular complexity index is 2610. The number of benzene rings is 1. The van der Waals surface area contributed by atoms with Crippen molar-refractivity contribution in [2.75, 3.05) is 26.4 Å². The van der Waals surface area contributed by atoms with Crippen LogP contribution in [0.5, 0.6) is 0 Å². The highest BCUT2D eigenvalue weighted by Crippen LogP contribution is 2.76. The minimum atomic E-state index is -1.95. The van der Waals surface area contributed by atoms with Crippen LogP contribution in [0.2, 0.25) is 0 Å². The van der Waals surface area contributed by atoms with Gasteiger partial charge >= 0.3 is 17.9 Å². The number of aliphatic hydroxyl groups excluding tert-OH is 11. The molecule has 0 aromatic heterocycles. The minimum Gasteiger partial charge on any atom is -0.457 e. The van der Waals surface area contributed by atoms with Crippen molar-refractivity contribution in [3.63, 3.8) is 0 Å². The van der Waals surface area contributed by atoms with Gasteiger partial charge in [-0.3, -0.25) is 9.59 Å². The quantitative estimate of drug-likeness (QED) is 0.0347. The first-order valence-corrected chi connectivity index (χ1v) is 30.6. The predicted octanol–water partition coefficient (Wildman–Crippen LogP) is 1.57. The Morgan fingerprint density at radius 3 is 1.85 bits per heavy atom. The van der Waals surface area contributed by atoms with Crippen LogP contribution in [-0.4, -0.2) is 217 Å². The van der Waals surface area contributed by atoms with Crippen molar-refractivity contribution < 1.29 is 113 Å². The summed E-state index contributed by atoms with van der Waals surface area (Å²) in [5, 5.41) is 124. The average Bonchev–Trinajstić information content (AvgIpc) is 0.716. The SMILES string of the molecule is CCC(C)C(=O)OC1C(OC(=O)C=Cc2ccccc2)C(C)(C)CC2C3=CCC4C5(C)CCC(OC6OC(CO)C(OC7OC(CO)C(O)C7O)C(OC(C)=O)C6OC6OC(CO)C(O)C(O)C6O)C(C)(C)C5CCC4(C)C3(C)C(O)C(O)C21CO. The molecule has 0 amide bonds. The third-order valence-electron chi connectivity index (χ3n) is 22.4. The Morgan fingerprint density at radius 2 is 1.26 bits per heavy atom. The molecular weight excluding hydrogens is 1120 g/mol. The summed E-state index contributed by atoms with van der Waals surface area (Å²) in [6, 6.07) is 9.20. The van der Waals surface area contributed by atoms with Crippen LogP contribution in [0.3, 0.4) is 0 Å². The van der Waals surface area contributed by atoms with E-state index in [1.165, 1.54) is 6.08 Å². The number of hydrogen-bond donors (Lipinski definition) is 11. The molecule has 86 heavy (non-hydrogen) atoms. The fraction of sp³-hybridized carbons (Fsp3) is 0.794. The molecule has 0 radical (unpaired) electrons. The fourth-order valence-corrected chi connectivity index (χ4v) is 17.2. The predicted molar refractivity (Wildman–Crippen MR) is 302 cm³/mol. The maximum absolute atomic E-state index is 14.1. The van der Waals surface area contributed by atoms with E-state index in [1.807, 2.05) is 58.0 Å². The lowest BCUT2D eigenvalue weighted by molar-refractivity contribution is -0.387. The van der Waals surface area contributed by atoms with Crippen LogP contribution < -0.4 is 0 Å². The molecular formula is C63H94O23. The van der Waals surface area contributed by atoms with Crippen molar-refractivity contribution in [2.24, 2.45) is 56.2 Å². The zero-order chi connectivity index (χ0) is 63.0. The highest BCUT2D eigenvalue weighted by Gasteiger charge is 2.76. The van der Waals surface area contributed by atoms with E-state index in [9.17, 15) is 70.6 Å². The van der Waals surface area contributed by atoms with Crippen LogP contribution in [0, 0.1) is 56.2 Å². The van der Waals surface area contributed by atoms with Crippen molar-refractivity contribution in [1.29, 1.82) is 0 Å². The molecule has 23 nitrogen and oxygen atoms in total. The van der Waals surface area contributed by atoms with E-state index in [1.54, 1.807) is 13.0 Å². The second kappa shape index (κ2) is 25.3. The molecule has 3 saturated heterocycles. The maximum atomic E-state index is 14.1. The largest absolute Gasteiger partial charge is 0.457 e. The molecule has 484 valence electrons.